The molecule has 0 radical (unpaired) electrons. The normalized spacial score (nSPS) is 19.3. The Morgan fingerprint density at radius 3 is 2.68 bits per heavy atom. The van der Waals surface area contributed by atoms with Crippen molar-refractivity contribution in [2.75, 3.05) is 52.3 Å². The molecule has 2 atom stereocenters. The number of hydrogen-bond donors (Lipinski definition) is 1. The number of hydrogen-bond acceptors (Lipinski definition) is 7. The topological polar surface area (TPSA) is 80.1 Å². The van der Waals surface area contributed by atoms with Crippen molar-refractivity contribution < 1.29 is 23.2 Å². The van der Waals surface area contributed by atoms with Crippen molar-refractivity contribution in [3.05, 3.63) is 29.6 Å². The number of rotatable bonds is 8. The van der Waals surface area contributed by atoms with Gasteiger partial charge in [-0.2, -0.15) is 0 Å². The number of amides is 1. The molecule has 0 spiro atoms. The van der Waals surface area contributed by atoms with E-state index < -0.39 is 5.82 Å². The molecule has 8 nitrogen and oxygen atoms in total. The molecule has 1 amide bonds. The van der Waals surface area contributed by atoms with Gasteiger partial charge in [0, 0.05) is 45.8 Å². The van der Waals surface area contributed by atoms with Gasteiger partial charge >= 0.3 is 0 Å². The summed E-state index contributed by atoms with van der Waals surface area (Å²) in [5.41, 5.74) is 0.826. The van der Waals surface area contributed by atoms with Gasteiger partial charge < -0.3 is 24.2 Å². The first-order valence-corrected chi connectivity index (χ1v) is 10.5. The molecule has 0 aliphatic carbocycles. The molecule has 1 aromatic heterocycles. The Morgan fingerprint density at radius 2 is 2.03 bits per heavy atom. The summed E-state index contributed by atoms with van der Waals surface area (Å²) in [5.74, 6) is -0.0223. The molecular formula is C22H31FN4O4. The summed E-state index contributed by atoms with van der Waals surface area (Å²) in [7, 11) is 4.95. The molecule has 0 unspecified atom stereocenters. The van der Waals surface area contributed by atoms with Crippen LogP contribution in [-0.4, -0.2) is 75.6 Å². The molecule has 1 N–H and O–H groups in total. The van der Waals surface area contributed by atoms with E-state index in [2.05, 4.69) is 29.2 Å². The van der Waals surface area contributed by atoms with Gasteiger partial charge in [0.2, 0.25) is 0 Å². The molecule has 2 aromatic rings. The number of anilines is 1. The summed E-state index contributed by atoms with van der Waals surface area (Å²) in [5, 5.41) is 7.01. The van der Waals surface area contributed by atoms with Gasteiger partial charge in [0.25, 0.3) is 5.91 Å². The Morgan fingerprint density at radius 1 is 1.32 bits per heavy atom. The molecule has 0 saturated carbocycles. The highest BCUT2D eigenvalue weighted by atomic mass is 19.1. The van der Waals surface area contributed by atoms with Crippen LogP contribution in [0.15, 0.2) is 22.7 Å². The average molecular weight is 435 g/mol. The van der Waals surface area contributed by atoms with Crippen molar-refractivity contribution >= 4 is 11.7 Å². The lowest BCUT2D eigenvalue weighted by Crippen LogP contribution is -2.46. The molecule has 1 aromatic carbocycles. The van der Waals surface area contributed by atoms with Gasteiger partial charge in [-0.3, -0.25) is 9.69 Å². The Kier molecular flexibility index (Phi) is 7.50. The second-order valence-electron chi connectivity index (χ2n) is 8.08. The van der Waals surface area contributed by atoms with Gasteiger partial charge in [-0.25, -0.2) is 4.39 Å². The van der Waals surface area contributed by atoms with Gasteiger partial charge in [-0.15, -0.1) is 0 Å². The standard InChI is InChI=1S/C22H31FN4O4/c1-14-12-27(13-15(2)30-14)10-6-9-24-22(28)19-20(31-25-21(19)26(3)4)16-7-8-17(23)18(11-16)29-5/h7-8,11,14-15H,6,9-10,12-13H2,1-5H3,(H,24,28)/t14-,15+. The summed E-state index contributed by atoms with van der Waals surface area (Å²) in [6.45, 7) is 7.33. The summed E-state index contributed by atoms with van der Waals surface area (Å²) < 4.78 is 30.1. The van der Waals surface area contributed by atoms with E-state index in [1.807, 2.05) is 0 Å². The smallest absolute Gasteiger partial charge is 0.259 e. The molecule has 1 aliphatic heterocycles. The second-order valence-corrected chi connectivity index (χ2v) is 8.08. The third-order valence-electron chi connectivity index (χ3n) is 5.17. The number of nitrogens with one attached hydrogen (secondary N) is 1. The SMILES string of the molecule is COc1cc(-c2onc(N(C)C)c2C(=O)NCCCN2C[C@@H](C)O[C@@H](C)C2)ccc1F. The van der Waals surface area contributed by atoms with Gasteiger partial charge in [-0.1, -0.05) is 5.16 Å². The molecule has 3 rings (SSSR count). The van der Waals surface area contributed by atoms with Gasteiger partial charge in [0.15, 0.2) is 23.1 Å². The largest absolute Gasteiger partial charge is 0.494 e. The van der Waals surface area contributed by atoms with Crippen LogP contribution in [-0.2, 0) is 4.74 Å². The average Bonchev–Trinajstić information content (AvgIpc) is 3.16. The number of benzene rings is 1. The highest BCUT2D eigenvalue weighted by molar-refractivity contribution is 6.04. The molecule has 0 bridgehead atoms. The first-order chi connectivity index (χ1) is 14.8. The van der Waals surface area contributed by atoms with E-state index in [9.17, 15) is 9.18 Å². The highest BCUT2D eigenvalue weighted by Crippen LogP contribution is 2.33. The first-order valence-electron chi connectivity index (χ1n) is 10.5. The number of ether oxygens (including phenoxy) is 2. The fraction of sp³-hybridized carbons (Fsp3) is 0.545. The van der Waals surface area contributed by atoms with Crippen molar-refractivity contribution in [1.82, 2.24) is 15.4 Å². The third kappa shape index (κ3) is 5.54. The Labute approximate surface area is 182 Å². The number of halogens is 1. The van der Waals surface area contributed by atoms with E-state index in [1.165, 1.54) is 25.3 Å². The second kappa shape index (κ2) is 10.1. The van der Waals surface area contributed by atoms with Crippen LogP contribution in [0.1, 0.15) is 30.6 Å². The van der Waals surface area contributed by atoms with E-state index in [1.54, 1.807) is 19.0 Å². The maximum Gasteiger partial charge on any atom is 0.259 e. The molecule has 9 heteroatoms. The number of nitrogens with zero attached hydrogens (tertiary/aromatic N) is 3. The van der Waals surface area contributed by atoms with Crippen molar-refractivity contribution in [3.63, 3.8) is 0 Å². The predicted molar refractivity (Wildman–Crippen MR) is 116 cm³/mol. The van der Waals surface area contributed by atoms with Crippen LogP contribution in [0.5, 0.6) is 5.75 Å². The molecule has 170 valence electrons. The Hall–Kier alpha value is -2.65. The predicted octanol–water partition coefficient (Wildman–Crippen LogP) is 2.78. The maximum absolute atomic E-state index is 13.8. The van der Waals surface area contributed by atoms with Crippen LogP contribution in [0.3, 0.4) is 0 Å². The van der Waals surface area contributed by atoms with Crippen molar-refractivity contribution in [1.29, 1.82) is 0 Å². The third-order valence-corrected chi connectivity index (χ3v) is 5.17. The summed E-state index contributed by atoms with van der Waals surface area (Å²) >= 11 is 0. The number of methoxy groups -OCH3 is 1. The zero-order chi connectivity index (χ0) is 22.5. The van der Waals surface area contributed by atoms with Gasteiger partial charge in [0.1, 0.15) is 5.56 Å². The Balaban J connectivity index is 1.69. The fourth-order valence-electron chi connectivity index (χ4n) is 3.85. The highest BCUT2D eigenvalue weighted by Gasteiger charge is 2.26. The minimum Gasteiger partial charge on any atom is -0.494 e. The van der Waals surface area contributed by atoms with E-state index >= 15 is 0 Å². The van der Waals surface area contributed by atoms with Crippen LogP contribution in [0, 0.1) is 5.82 Å². The van der Waals surface area contributed by atoms with Crippen molar-refractivity contribution in [2.45, 2.75) is 32.5 Å². The number of morpholine rings is 1. The van der Waals surface area contributed by atoms with Crippen LogP contribution < -0.4 is 15.0 Å². The van der Waals surface area contributed by atoms with Crippen LogP contribution >= 0.6 is 0 Å². The lowest BCUT2D eigenvalue weighted by Gasteiger charge is -2.35. The van der Waals surface area contributed by atoms with E-state index in [0.29, 0.717) is 23.5 Å². The number of carbonyl (C=O) groups excluding carboxylic acids is 1. The van der Waals surface area contributed by atoms with E-state index in [0.717, 1.165) is 26.1 Å². The van der Waals surface area contributed by atoms with Crippen molar-refractivity contribution in [3.8, 4) is 17.1 Å². The Bertz CT molecular complexity index is 892. The molecule has 1 aliphatic rings. The number of aromatic nitrogens is 1. The quantitative estimate of drug-likeness (QED) is 0.640. The summed E-state index contributed by atoms with van der Waals surface area (Å²) in [6.07, 6.45) is 1.24. The van der Waals surface area contributed by atoms with Gasteiger partial charge in [-0.05, 0) is 38.5 Å². The molecule has 1 fully saturated rings. The fourth-order valence-corrected chi connectivity index (χ4v) is 3.85. The van der Waals surface area contributed by atoms with Crippen LogP contribution in [0.25, 0.3) is 11.3 Å². The van der Waals surface area contributed by atoms with E-state index in [-0.39, 0.29) is 29.6 Å². The number of carbonyl (C=O) groups is 1. The van der Waals surface area contributed by atoms with Gasteiger partial charge in [0.05, 0.1) is 19.3 Å². The van der Waals surface area contributed by atoms with E-state index in [4.69, 9.17) is 14.0 Å². The lowest BCUT2D eigenvalue weighted by atomic mass is 10.1. The van der Waals surface area contributed by atoms with Crippen LogP contribution in [0.4, 0.5) is 10.2 Å². The molecule has 2 heterocycles. The summed E-state index contributed by atoms with van der Waals surface area (Å²) in [6, 6.07) is 4.31. The maximum atomic E-state index is 13.8. The van der Waals surface area contributed by atoms with Crippen LogP contribution in [0.2, 0.25) is 0 Å². The molecule has 31 heavy (non-hydrogen) atoms. The monoisotopic (exact) mass is 434 g/mol. The zero-order valence-corrected chi connectivity index (χ0v) is 18.8. The summed E-state index contributed by atoms with van der Waals surface area (Å²) in [4.78, 5) is 17.1. The molecular weight excluding hydrogens is 403 g/mol. The molecule has 1 saturated heterocycles. The van der Waals surface area contributed by atoms with Crippen molar-refractivity contribution in [2.24, 2.45) is 0 Å². The minimum atomic E-state index is -0.489. The lowest BCUT2D eigenvalue weighted by molar-refractivity contribution is -0.0680. The first kappa shape index (κ1) is 23.0. The zero-order valence-electron chi connectivity index (χ0n) is 18.8. The minimum absolute atomic E-state index is 0.0700.